The minimum absolute atomic E-state index is 0.0301. The highest BCUT2D eigenvalue weighted by Crippen LogP contribution is 2.39. The molecule has 0 radical (unpaired) electrons. The number of hydrogen-bond acceptors (Lipinski definition) is 4. The summed E-state index contributed by atoms with van der Waals surface area (Å²) in [4.78, 5) is 4.28. The van der Waals surface area contributed by atoms with Crippen molar-refractivity contribution in [3.05, 3.63) is 30.1 Å². The van der Waals surface area contributed by atoms with Gasteiger partial charge in [0, 0.05) is 25.2 Å². The smallest absolute Gasteiger partial charge is 0.0887 e. The minimum Gasteiger partial charge on any atom is -0.375 e. The second-order valence-electron chi connectivity index (χ2n) is 5.52. The lowest BCUT2D eigenvalue weighted by molar-refractivity contribution is -0.108. The van der Waals surface area contributed by atoms with Crippen molar-refractivity contribution in [2.45, 2.75) is 31.5 Å². The summed E-state index contributed by atoms with van der Waals surface area (Å²) in [5.74, 6) is 0.518. The number of rotatable bonds is 4. The molecule has 4 nitrogen and oxygen atoms in total. The maximum Gasteiger partial charge on any atom is 0.0887 e. The van der Waals surface area contributed by atoms with E-state index in [1.807, 2.05) is 24.4 Å². The topological polar surface area (TPSA) is 43.4 Å². The molecule has 1 spiro atoms. The van der Waals surface area contributed by atoms with Gasteiger partial charge in [0.25, 0.3) is 0 Å². The fourth-order valence-electron chi connectivity index (χ4n) is 3.24. The van der Waals surface area contributed by atoms with Gasteiger partial charge in [-0.15, -0.1) is 0 Å². The monoisotopic (exact) mass is 262 g/mol. The Kier molecular flexibility index (Phi) is 4.11. The van der Waals surface area contributed by atoms with Crippen molar-refractivity contribution in [3.63, 3.8) is 0 Å². The van der Waals surface area contributed by atoms with Gasteiger partial charge in [-0.3, -0.25) is 4.98 Å². The van der Waals surface area contributed by atoms with Gasteiger partial charge in [-0.2, -0.15) is 0 Å². The van der Waals surface area contributed by atoms with Crippen LogP contribution in [0.25, 0.3) is 0 Å². The molecule has 4 heteroatoms. The van der Waals surface area contributed by atoms with Crippen LogP contribution in [0.15, 0.2) is 24.4 Å². The largest absolute Gasteiger partial charge is 0.375 e. The van der Waals surface area contributed by atoms with Gasteiger partial charge >= 0.3 is 0 Å². The standard InChI is InChI=1S/C15H22N2O2/c1-2-7-17-14(5-1)11-18-10-13-4-3-6-15(13)12-16-8-9-19-15/h1-2,5,7,13,16H,3-4,6,8-12H2/t13-,15+/m0/s1. The van der Waals surface area contributed by atoms with Crippen LogP contribution in [0.3, 0.4) is 0 Å². The summed E-state index contributed by atoms with van der Waals surface area (Å²) >= 11 is 0. The lowest BCUT2D eigenvalue weighted by atomic mass is 9.90. The van der Waals surface area contributed by atoms with Crippen molar-refractivity contribution in [1.82, 2.24) is 10.3 Å². The molecular formula is C15H22N2O2. The van der Waals surface area contributed by atoms with Crippen LogP contribution in [-0.4, -0.2) is 36.9 Å². The van der Waals surface area contributed by atoms with Crippen molar-refractivity contribution in [3.8, 4) is 0 Å². The number of hydrogen-bond donors (Lipinski definition) is 1. The Labute approximate surface area is 114 Å². The second kappa shape index (κ2) is 5.99. The molecule has 2 atom stereocenters. The van der Waals surface area contributed by atoms with Gasteiger partial charge in [0.2, 0.25) is 0 Å². The molecule has 2 heterocycles. The van der Waals surface area contributed by atoms with Gasteiger partial charge in [-0.1, -0.05) is 12.5 Å². The third kappa shape index (κ3) is 2.96. The van der Waals surface area contributed by atoms with Crippen LogP contribution >= 0.6 is 0 Å². The summed E-state index contributed by atoms with van der Waals surface area (Å²) in [7, 11) is 0. The number of nitrogens with one attached hydrogen (secondary N) is 1. The molecule has 0 aromatic carbocycles. The summed E-state index contributed by atoms with van der Waals surface area (Å²) in [6.45, 7) is 4.16. The van der Waals surface area contributed by atoms with E-state index in [0.717, 1.165) is 38.4 Å². The molecule has 104 valence electrons. The Morgan fingerprint density at radius 1 is 1.47 bits per heavy atom. The van der Waals surface area contributed by atoms with Crippen LogP contribution in [0.1, 0.15) is 25.0 Å². The van der Waals surface area contributed by atoms with Crippen LogP contribution in [0.4, 0.5) is 0 Å². The molecular weight excluding hydrogens is 240 g/mol. The first kappa shape index (κ1) is 13.0. The average Bonchev–Trinajstić information content (AvgIpc) is 2.83. The van der Waals surface area contributed by atoms with Gasteiger partial charge in [-0.05, 0) is 25.0 Å². The van der Waals surface area contributed by atoms with E-state index in [1.165, 1.54) is 12.8 Å². The van der Waals surface area contributed by atoms with Crippen molar-refractivity contribution < 1.29 is 9.47 Å². The van der Waals surface area contributed by atoms with Gasteiger partial charge in [0.1, 0.15) is 0 Å². The van der Waals surface area contributed by atoms with Gasteiger partial charge in [-0.25, -0.2) is 0 Å². The number of aromatic nitrogens is 1. The fraction of sp³-hybridized carbons (Fsp3) is 0.667. The predicted octanol–water partition coefficient (Wildman–Crippen LogP) is 1.76. The molecule has 1 aromatic heterocycles. The van der Waals surface area contributed by atoms with Crippen molar-refractivity contribution in [1.29, 1.82) is 0 Å². The normalized spacial score (nSPS) is 30.8. The number of nitrogens with zero attached hydrogens (tertiary/aromatic N) is 1. The molecule has 1 aliphatic heterocycles. The van der Waals surface area contributed by atoms with Crippen LogP contribution < -0.4 is 5.32 Å². The lowest BCUT2D eigenvalue weighted by Crippen LogP contribution is -2.52. The molecule has 1 aromatic rings. The molecule has 0 amide bonds. The predicted molar refractivity (Wildman–Crippen MR) is 72.8 cm³/mol. The van der Waals surface area contributed by atoms with E-state index in [2.05, 4.69) is 10.3 Å². The number of pyridine rings is 1. The SMILES string of the molecule is c1ccc(COC[C@@H]2CCC[C@@]23CNCCO3)nc1. The Bertz CT molecular complexity index is 390. The average molecular weight is 262 g/mol. The zero-order valence-corrected chi connectivity index (χ0v) is 11.3. The van der Waals surface area contributed by atoms with Crippen molar-refractivity contribution in [2.75, 3.05) is 26.3 Å². The van der Waals surface area contributed by atoms with Crippen molar-refractivity contribution in [2.24, 2.45) is 5.92 Å². The number of morpholine rings is 1. The first-order valence-corrected chi connectivity index (χ1v) is 7.21. The molecule has 0 bridgehead atoms. The molecule has 1 saturated carbocycles. The minimum atomic E-state index is 0.0301. The molecule has 1 aliphatic carbocycles. The summed E-state index contributed by atoms with van der Waals surface area (Å²) < 4.78 is 11.9. The van der Waals surface area contributed by atoms with Crippen LogP contribution in [0.5, 0.6) is 0 Å². The van der Waals surface area contributed by atoms with E-state index in [4.69, 9.17) is 9.47 Å². The highest BCUT2D eigenvalue weighted by molar-refractivity contribution is 5.02. The number of ether oxygens (including phenoxy) is 2. The van der Waals surface area contributed by atoms with E-state index in [0.29, 0.717) is 12.5 Å². The molecule has 19 heavy (non-hydrogen) atoms. The molecule has 0 unspecified atom stereocenters. The van der Waals surface area contributed by atoms with Crippen LogP contribution in [0, 0.1) is 5.92 Å². The third-order valence-corrected chi connectivity index (χ3v) is 4.28. The summed E-state index contributed by atoms with van der Waals surface area (Å²) in [5.41, 5.74) is 1.03. The van der Waals surface area contributed by atoms with E-state index in [1.54, 1.807) is 0 Å². The Balaban J connectivity index is 1.51. The summed E-state index contributed by atoms with van der Waals surface area (Å²) in [6.07, 6.45) is 5.44. The second-order valence-corrected chi connectivity index (χ2v) is 5.52. The van der Waals surface area contributed by atoms with Crippen molar-refractivity contribution >= 4 is 0 Å². The zero-order chi connectivity index (χ0) is 13.0. The maximum absolute atomic E-state index is 6.08. The maximum atomic E-state index is 6.08. The molecule has 2 aliphatic rings. The fourth-order valence-corrected chi connectivity index (χ4v) is 3.24. The zero-order valence-electron chi connectivity index (χ0n) is 11.3. The quantitative estimate of drug-likeness (QED) is 0.898. The molecule has 3 rings (SSSR count). The van der Waals surface area contributed by atoms with Gasteiger partial charge in [0.15, 0.2) is 0 Å². The van der Waals surface area contributed by atoms with Crippen LogP contribution in [0.2, 0.25) is 0 Å². The summed E-state index contributed by atoms with van der Waals surface area (Å²) in [6, 6.07) is 5.93. The lowest BCUT2D eigenvalue weighted by Gasteiger charge is -2.39. The Morgan fingerprint density at radius 3 is 3.26 bits per heavy atom. The first-order valence-electron chi connectivity index (χ1n) is 7.21. The van der Waals surface area contributed by atoms with Gasteiger partial charge in [0.05, 0.1) is 31.1 Å². The Morgan fingerprint density at radius 2 is 2.47 bits per heavy atom. The third-order valence-electron chi connectivity index (χ3n) is 4.28. The first-order chi connectivity index (χ1) is 9.39. The molecule has 1 saturated heterocycles. The van der Waals surface area contributed by atoms with Gasteiger partial charge < -0.3 is 14.8 Å². The highest BCUT2D eigenvalue weighted by Gasteiger charge is 2.44. The van der Waals surface area contributed by atoms with E-state index < -0.39 is 0 Å². The molecule has 1 N–H and O–H groups in total. The Hall–Kier alpha value is -0.970. The van der Waals surface area contributed by atoms with E-state index in [9.17, 15) is 0 Å². The van der Waals surface area contributed by atoms with Crippen LogP contribution in [-0.2, 0) is 16.1 Å². The molecule has 2 fully saturated rings. The van der Waals surface area contributed by atoms with E-state index >= 15 is 0 Å². The van der Waals surface area contributed by atoms with E-state index in [-0.39, 0.29) is 5.60 Å². The highest BCUT2D eigenvalue weighted by atomic mass is 16.5. The summed E-state index contributed by atoms with van der Waals surface area (Å²) in [5, 5.41) is 3.46.